The second-order valence-electron chi connectivity index (χ2n) is 5.88. The molecule has 3 rings (SSSR count). The lowest BCUT2D eigenvalue weighted by Crippen LogP contribution is -2.39. The zero-order valence-corrected chi connectivity index (χ0v) is 13.8. The molecule has 2 aliphatic rings. The number of amides is 1. The van der Waals surface area contributed by atoms with Crippen LogP contribution in [0.3, 0.4) is 0 Å². The SMILES string of the molecule is Cl.NC(CNC(=O)CSc1ccc2c(c1)CCC2)C1CC1. The second-order valence-corrected chi connectivity index (χ2v) is 6.93. The first kappa shape index (κ1) is 16.7. The Morgan fingerprint density at radius 2 is 2.10 bits per heavy atom. The summed E-state index contributed by atoms with van der Waals surface area (Å²) < 4.78 is 0. The molecule has 116 valence electrons. The zero-order chi connectivity index (χ0) is 13.9. The predicted molar refractivity (Wildman–Crippen MR) is 90.1 cm³/mol. The number of halogens is 1. The van der Waals surface area contributed by atoms with Gasteiger partial charge in [0.15, 0.2) is 0 Å². The summed E-state index contributed by atoms with van der Waals surface area (Å²) in [6.07, 6.45) is 6.11. The molecule has 1 unspecified atom stereocenters. The minimum absolute atomic E-state index is 0. The van der Waals surface area contributed by atoms with Gasteiger partial charge in [-0.15, -0.1) is 24.2 Å². The van der Waals surface area contributed by atoms with Crippen LogP contribution >= 0.6 is 24.2 Å². The molecule has 0 radical (unpaired) electrons. The number of nitrogens with two attached hydrogens (primary N) is 1. The van der Waals surface area contributed by atoms with Gasteiger partial charge in [0.05, 0.1) is 5.75 Å². The molecule has 0 saturated heterocycles. The molecule has 0 bridgehead atoms. The van der Waals surface area contributed by atoms with Gasteiger partial charge in [0, 0.05) is 17.5 Å². The van der Waals surface area contributed by atoms with Crippen LogP contribution in [0.1, 0.15) is 30.4 Å². The summed E-state index contributed by atoms with van der Waals surface area (Å²) in [6.45, 7) is 0.619. The van der Waals surface area contributed by atoms with Crippen LogP contribution in [0.15, 0.2) is 23.1 Å². The maximum atomic E-state index is 11.8. The predicted octanol–water partition coefficient (Wildman–Crippen LogP) is 2.54. The van der Waals surface area contributed by atoms with E-state index in [1.165, 1.54) is 48.1 Å². The van der Waals surface area contributed by atoms with Gasteiger partial charge in [-0.05, 0) is 61.3 Å². The molecule has 0 aliphatic heterocycles. The maximum absolute atomic E-state index is 11.8. The van der Waals surface area contributed by atoms with Crippen molar-refractivity contribution in [2.75, 3.05) is 12.3 Å². The second kappa shape index (κ2) is 7.52. The summed E-state index contributed by atoms with van der Waals surface area (Å²) >= 11 is 1.62. The molecule has 1 aromatic carbocycles. The van der Waals surface area contributed by atoms with Crippen molar-refractivity contribution in [3.8, 4) is 0 Å². The Bertz CT molecular complexity index is 505. The third kappa shape index (κ3) is 4.63. The number of carbonyl (C=O) groups excluding carboxylic acids is 1. The summed E-state index contributed by atoms with van der Waals surface area (Å²) in [5.74, 6) is 1.21. The van der Waals surface area contributed by atoms with Crippen LogP contribution in [0.5, 0.6) is 0 Å². The highest BCUT2D eigenvalue weighted by molar-refractivity contribution is 8.00. The van der Waals surface area contributed by atoms with Crippen LogP contribution in [0.2, 0.25) is 0 Å². The van der Waals surface area contributed by atoms with E-state index in [0.29, 0.717) is 18.2 Å². The first-order valence-corrected chi connectivity index (χ1v) is 8.48. The highest BCUT2D eigenvalue weighted by Crippen LogP contribution is 2.31. The number of thioether (sulfide) groups is 1. The van der Waals surface area contributed by atoms with E-state index in [2.05, 4.69) is 23.5 Å². The molecule has 2 aliphatic carbocycles. The van der Waals surface area contributed by atoms with E-state index in [1.807, 2.05) is 0 Å². The molecule has 0 heterocycles. The van der Waals surface area contributed by atoms with Gasteiger partial charge in [0.25, 0.3) is 0 Å². The fraction of sp³-hybridized carbons (Fsp3) is 0.562. The Morgan fingerprint density at radius 3 is 2.86 bits per heavy atom. The van der Waals surface area contributed by atoms with Gasteiger partial charge in [0.1, 0.15) is 0 Å². The van der Waals surface area contributed by atoms with E-state index in [9.17, 15) is 4.79 Å². The number of hydrogen-bond donors (Lipinski definition) is 2. The molecule has 1 aromatic rings. The summed E-state index contributed by atoms with van der Waals surface area (Å²) in [5, 5.41) is 2.94. The van der Waals surface area contributed by atoms with Crippen LogP contribution in [-0.2, 0) is 17.6 Å². The molecule has 1 atom stereocenters. The molecule has 21 heavy (non-hydrogen) atoms. The quantitative estimate of drug-likeness (QED) is 0.790. The van der Waals surface area contributed by atoms with Crippen molar-refractivity contribution in [2.24, 2.45) is 11.7 Å². The van der Waals surface area contributed by atoms with Crippen molar-refractivity contribution in [3.05, 3.63) is 29.3 Å². The first-order valence-electron chi connectivity index (χ1n) is 7.49. The molecule has 0 aromatic heterocycles. The maximum Gasteiger partial charge on any atom is 0.230 e. The number of nitrogens with one attached hydrogen (secondary N) is 1. The van der Waals surface area contributed by atoms with Gasteiger partial charge in [-0.3, -0.25) is 4.79 Å². The lowest BCUT2D eigenvalue weighted by atomic mass is 10.1. The largest absolute Gasteiger partial charge is 0.354 e. The normalized spacial score (nSPS) is 17.8. The van der Waals surface area contributed by atoms with Crippen LogP contribution in [0.4, 0.5) is 0 Å². The van der Waals surface area contributed by atoms with Gasteiger partial charge in [-0.25, -0.2) is 0 Å². The summed E-state index contributed by atoms with van der Waals surface area (Å²) in [4.78, 5) is 13.0. The topological polar surface area (TPSA) is 55.1 Å². The standard InChI is InChI=1S/C16H22N2OS.ClH/c17-15(12-4-5-12)9-18-16(19)10-20-14-7-6-11-2-1-3-13(11)8-14;/h6-8,12,15H,1-5,9-10,17H2,(H,18,19);1H. The smallest absolute Gasteiger partial charge is 0.230 e. The number of benzene rings is 1. The fourth-order valence-corrected chi connectivity index (χ4v) is 3.55. The Kier molecular flexibility index (Phi) is 5.97. The van der Waals surface area contributed by atoms with Gasteiger partial charge in [-0.2, -0.15) is 0 Å². The van der Waals surface area contributed by atoms with E-state index in [0.717, 1.165) is 0 Å². The van der Waals surface area contributed by atoms with Gasteiger partial charge in [-0.1, -0.05) is 6.07 Å². The third-order valence-electron chi connectivity index (χ3n) is 4.20. The van der Waals surface area contributed by atoms with Crippen LogP contribution < -0.4 is 11.1 Å². The molecule has 1 amide bonds. The van der Waals surface area contributed by atoms with Crippen molar-refractivity contribution >= 4 is 30.1 Å². The van der Waals surface area contributed by atoms with E-state index in [4.69, 9.17) is 5.73 Å². The first-order chi connectivity index (χ1) is 9.72. The van der Waals surface area contributed by atoms with E-state index >= 15 is 0 Å². The van der Waals surface area contributed by atoms with Crippen LogP contribution in [-0.4, -0.2) is 24.2 Å². The monoisotopic (exact) mass is 326 g/mol. The van der Waals surface area contributed by atoms with E-state index in [1.54, 1.807) is 11.8 Å². The fourth-order valence-electron chi connectivity index (χ4n) is 2.76. The average molecular weight is 327 g/mol. The summed E-state index contributed by atoms with van der Waals surface area (Å²) in [5.41, 5.74) is 8.92. The van der Waals surface area contributed by atoms with Crippen molar-refractivity contribution in [2.45, 2.75) is 43.0 Å². The molecule has 3 N–H and O–H groups in total. The van der Waals surface area contributed by atoms with Crippen molar-refractivity contribution in [3.63, 3.8) is 0 Å². The van der Waals surface area contributed by atoms with Crippen LogP contribution in [0.25, 0.3) is 0 Å². The molecule has 3 nitrogen and oxygen atoms in total. The molecule has 1 fully saturated rings. The minimum Gasteiger partial charge on any atom is -0.354 e. The summed E-state index contributed by atoms with van der Waals surface area (Å²) in [6, 6.07) is 6.74. The Labute approximate surface area is 136 Å². The molecular formula is C16H23ClN2OS. The average Bonchev–Trinajstić information content (AvgIpc) is 3.20. The Balaban J connectivity index is 0.00000161. The Hall–Kier alpha value is -0.710. The highest BCUT2D eigenvalue weighted by atomic mass is 35.5. The molecule has 1 saturated carbocycles. The van der Waals surface area contributed by atoms with E-state index < -0.39 is 0 Å². The minimum atomic E-state index is 0. The van der Waals surface area contributed by atoms with Crippen molar-refractivity contribution < 1.29 is 4.79 Å². The number of fused-ring (bicyclic) bond motifs is 1. The Morgan fingerprint density at radius 1 is 1.33 bits per heavy atom. The highest BCUT2D eigenvalue weighted by Gasteiger charge is 2.28. The molecular weight excluding hydrogens is 304 g/mol. The van der Waals surface area contributed by atoms with Crippen molar-refractivity contribution in [1.82, 2.24) is 5.32 Å². The molecule has 5 heteroatoms. The van der Waals surface area contributed by atoms with Gasteiger partial charge < -0.3 is 11.1 Å². The van der Waals surface area contributed by atoms with Gasteiger partial charge in [0.2, 0.25) is 5.91 Å². The molecule has 0 spiro atoms. The number of carbonyl (C=O) groups is 1. The van der Waals surface area contributed by atoms with E-state index in [-0.39, 0.29) is 24.4 Å². The lowest BCUT2D eigenvalue weighted by molar-refractivity contribution is -0.118. The number of hydrogen-bond acceptors (Lipinski definition) is 3. The third-order valence-corrected chi connectivity index (χ3v) is 5.20. The van der Waals surface area contributed by atoms with Gasteiger partial charge >= 0.3 is 0 Å². The summed E-state index contributed by atoms with van der Waals surface area (Å²) in [7, 11) is 0. The lowest BCUT2D eigenvalue weighted by Gasteiger charge is -2.11. The number of rotatable bonds is 6. The zero-order valence-electron chi connectivity index (χ0n) is 12.1. The number of aryl methyl sites for hydroxylation is 2. The van der Waals surface area contributed by atoms with Crippen LogP contribution in [0, 0.1) is 5.92 Å². The van der Waals surface area contributed by atoms with Crippen molar-refractivity contribution in [1.29, 1.82) is 0 Å².